The van der Waals surface area contributed by atoms with Gasteiger partial charge in [-0.3, -0.25) is 4.79 Å². The summed E-state index contributed by atoms with van der Waals surface area (Å²) in [6.45, 7) is 0. The number of likely N-dealkylation sites (N-methyl/N-ethyl adjacent to an activating group) is 1. The van der Waals surface area contributed by atoms with Crippen molar-refractivity contribution in [3.05, 3.63) is 12.2 Å². The lowest BCUT2D eigenvalue weighted by molar-refractivity contribution is -0.139. The molecule has 3 N–H and O–H groups in total. The number of carbonyl (C=O) groups is 3. The van der Waals surface area contributed by atoms with Crippen molar-refractivity contribution in [2.75, 3.05) is 14.2 Å². The topological polar surface area (TPSA) is 105 Å². The van der Waals surface area contributed by atoms with Crippen LogP contribution >= 0.6 is 0 Å². The molecule has 0 unspecified atom stereocenters. The minimum atomic E-state index is -1.15. The van der Waals surface area contributed by atoms with Gasteiger partial charge in [0.15, 0.2) is 0 Å². The van der Waals surface area contributed by atoms with E-state index in [4.69, 9.17) is 5.11 Å². The van der Waals surface area contributed by atoms with Crippen LogP contribution in [-0.2, 0) is 14.3 Å². The van der Waals surface area contributed by atoms with E-state index in [-0.39, 0.29) is 12.3 Å². The summed E-state index contributed by atoms with van der Waals surface area (Å²) in [5.74, 6) is -1.42. The lowest BCUT2D eigenvalue weighted by atomic mass is 10.1. The highest BCUT2D eigenvalue weighted by Crippen LogP contribution is 1.99. The Hall–Kier alpha value is -2.05. The summed E-state index contributed by atoms with van der Waals surface area (Å²) in [7, 11) is 2.64. The molecule has 1 atom stereocenters. The van der Waals surface area contributed by atoms with Gasteiger partial charge >= 0.3 is 12.1 Å². The quantitative estimate of drug-likeness (QED) is 0.565. The number of carboxylic acid groups (broad SMARTS) is 1. The molecule has 0 saturated heterocycles. The van der Waals surface area contributed by atoms with Crippen LogP contribution < -0.4 is 10.6 Å². The summed E-state index contributed by atoms with van der Waals surface area (Å²) in [6.07, 6.45) is 2.57. The molecule has 2 amide bonds. The van der Waals surface area contributed by atoms with Gasteiger partial charge in [-0.2, -0.15) is 0 Å². The van der Waals surface area contributed by atoms with Gasteiger partial charge in [-0.25, -0.2) is 9.59 Å². The number of alkyl carbamates (subject to hydrolysis) is 1. The second-order valence-electron chi connectivity index (χ2n) is 3.12. The SMILES string of the molecule is CNC(=O)/C=C/CC[C@H](NC(=O)OC)C(=O)O. The maximum absolute atomic E-state index is 10.8. The zero-order valence-electron chi connectivity index (χ0n) is 9.73. The standard InChI is InChI=1S/C10H16N2O5/c1-11-8(13)6-4-3-5-7(9(14)15)12-10(16)17-2/h4,6-7H,3,5H2,1-2H3,(H,11,13)(H,12,16)(H,14,15)/b6-4+/t7-/m0/s1. The molecule has 7 nitrogen and oxygen atoms in total. The minimum Gasteiger partial charge on any atom is -0.480 e. The Morgan fingerprint density at radius 2 is 2.06 bits per heavy atom. The van der Waals surface area contributed by atoms with Crippen molar-refractivity contribution < 1.29 is 24.2 Å². The number of methoxy groups -OCH3 is 1. The highest BCUT2D eigenvalue weighted by Gasteiger charge is 2.18. The molecule has 0 saturated carbocycles. The second-order valence-corrected chi connectivity index (χ2v) is 3.12. The number of carbonyl (C=O) groups excluding carboxylic acids is 2. The Kier molecular flexibility index (Phi) is 7.16. The summed E-state index contributed by atoms with van der Waals surface area (Å²) in [5.41, 5.74) is 0. The largest absolute Gasteiger partial charge is 0.480 e. The Morgan fingerprint density at radius 3 is 2.53 bits per heavy atom. The summed E-state index contributed by atoms with van der Waals surface area (Å²) < 4.78 is 4.30. The summed E-state index contributed by atoms with van der Waals surface area (Å²) in [4.78, 5) is 32.4. The van der Waals surface area contributed by atoms with E-state index in [9.17, 15) is 14.4 Å². The van der Waals surface area contributed by atoms with Crippen molar-refractivity contribution in [1.29, 1.82) is 0 Å². The zero-order valence-corrected chi connectivity index (χ0v) is 9.73. The Labute approximate surface area is 98.8 Å². The van der Waals surface area contributed by atoms with Crippen LogP contribution in [-0.4, -0.2) is 43.3 Å². The second kappa shape index (κ2) is 8.14. The van der Waals surface area contributed by atoms with Crippen molar-refractivity contribution in [1.82, 2.24) is 10.6 Å². The van der Waals surface area contributed by atoms with Crippen molar-refractivity contribution in [3.8, 4) is 0 Å². The molecule has 0 bridgehead atoms. The number of allylic oxidation sites excluding steroid dienone is 1. The number of nitrogens with one attached hydrogen (secondary N) is 2. The lowest BCUT2D eigenvalue weighted by Gasteiger charge is -2.11. The van der Waals surface area contributed by atoms with Crippen LogP contribution in [0.5, 0.6) is 0 Å². The van der Waals surface area contributed by atoms with Crippen LogP contribution in [0.3, 0.4) is 0 Å². The van der Waals surface area contributed by atoms with Crippen LogP contribution in [0.2, 0.25) is 0 Å². The molecular formula is C10H16N2O5. The maximum atomic E-state index is 10.8. The maximum Gasteiger partial charge on any atom is 0.407 e. The number of ether oxygens (including phenoxy) is 1. The first kappa shape index (κ1) is 14.9. The molecule has 0 spiro atoms. The number of amides is 2. The van der Waals surface area contributed by atoms with E-state index in [1.807, 2.05) is 0 Å². The molecule has 0 aromatic rings. The fourth-order valence-corrected chi connectivity index (χ4v) is 0.995. The molecule has 0 aliphatic rings. The van der Waals surface area contributed by atoms with E-state index in [0.29, 0.717) is 6.42 Å². The molecule has 7 heteroatoms. The highest BCUT2D eigenvalue weighted by molar-refractivity contribution is 5.87. The molecule has 96 valence electrons. The Morgan fingerprint density at radius 1 is 1.41 bits per heavy atom. The highest BCUT2D eigenvalue weighted by atomic mass is 16.5. The molecule has 0 aromatic carbocycles. The summed E-state index contributed by atoms with van der Waals surface area (Å²) >= 11 is 0. The van der Waals surface area contributed by atoms with Gasteiger partial charge in [-0.05, 0) is 18.9 Å². The van der Waals surface area contributed by atoms with Gasteiger partial charge in [0, 0.05) is 7.05 Å². The van der Waals surface area contributed by atoms with Gasteiger partial charge < -0.3 is 20.5 Å². The average Bonchev–Trinajstić information content (AvgIpc) is 2.31. The van der Waals surface area contributed by atoms with Gasteiger partial charge in [0.05, 0.1) is 7.11 Å². The fourth-order valence-electron chi connectivity index (χ4n) is 0.995. The van der Waals surface area contributed by atoms with Crippen LogP contribution in [0.1, 0.15) is 12.8 Å². The lowest BCUT2D eigenvalue weighted by Crippen LogP contribution is -2.40. The first-order valence-corrected chi connectivity index (χ1v) is 4.96. The van der Waals surface area contributed by atoms with Crippen molar-refractivity contribution >= 4 is 18.0 Å². The predicted molar refractivity (Wildman–Crippen MR) is 59.4 cm³/mol. The average molecular weight is 244 g/mol. The van der Waals surface area contributed by atoms with Crippen molar-refractivity contribution in [2.24, 2.45) is 0 Å². The Balaban J connectivity index is 4.10. The molecule has 0 heterocycles. The normalized spacial score (nSPS) is 11.9. The van der Waals surface area contributed by atoms with E-state index in [2.05, 4.69) is 15.4 Å². The van der Waals surface area contributed by atoms with Crippen molar-refractivity contribution in [2.45, 2.75) is 18.9 Å². The van der Waals surface area contributed by atoms with Crippen LogP contribution in [0, 0.1) is 0 Å². The first-order chi connectivity index (χ1) is 8.01. The van der Waals surface area contributed by atoms with Crippen molar-refractivity contribution in [3.63, 3.8) is 0 Å². The van der Waals surface area contributed by atoms with E-state index < -0.39 is 18.1 Å². The summed E-state index contributed by atoms with van der Waals surface area (Å²) in [5, 5.41) is 13.4. The van der Waals surface area contributed by atoms with E-state index in [0.717, 1.165) is 7.11 Å². The number of carboxylic acids is 1. The van der Waals surface area contributed by atoms with E-state index in [1.54, 1.807) is 0 Å². The number of aliphatic carboxylic acids is 1. The monoisotopic (exact) mass is 244 g/mol. The predicted octanol–water partition coefficient (Wildman–Crippen LogP) is -0.122. The summed E-state index contributed by atoms with van der Waals surface area (Å²) in [6, 6.07) is -1.03. The third-order valence-corrected chi connectivity index (χ3v) is 1.91. The number of hydrogen-bond donors (Lipinski definition) is 3. The molecule has 0 aliphatic heterocycles. The number of rotatable bonds is 6. The van der Waals surface area contributed by atoms with E-state index >= 15 is 0 Å². The van der Waals surface area contributed by atoms with Crippen LogP contribution in [0.4, 0.5) is 4.79 Å². The molecular weight excluding hydrogens is 228 g/mol. The van der Waals surface area contributed by atoms with Gasteiger partial charge in [-0.1, -0.05) is 6.08 Å². The number of hydrogen-bond acceptors (Lipinski definition) is 4. The fraction of sp³-hybridized carbons (Fsp3) is 0.500. The van der Waals surface area contributed by atoms with Gasteiger partial charge in [0.25, 0.3) is 0 Å². The van der Waals surface area contributed by atoms with Gasteiger partial charge in [0.2, 0.25) is 5.91 Å². The molecule has 0 radical (unpaired) electrons. The molecule has 17 heavy (non-hydrogen) atoms. The van der Waals surface area contributed by atoms with Gasteiger partial charge in [-0.15, -0.1) is 0 Å². The van der Waals surface area contributed by atoms with Crippen LogP contribution in [0.25, 0.3) is 0 Å². The zero-order chi connectivity index (χ0) is 13.3. The minimum absolute atomic E-state index is 0.178. The smallest absolute Gasteiger partial charge is 0.407 e. The van der Waals surface area contributed by atoms with Gasteiger partial charge in [0.1, 0.15) is 6.04 Å². The third kappa shape index (κ3) is 6.93. The first-order valence-electron chi connectivity index (χ1n) is 4.96. The van der Waals surface area contributed by atoms with E-state index in [1.165, 1.54) is 19.2 Å². The molecule has 0 fully saturated rings. The molecule has 0 aromatic heterocycles. The third-order valence-electron chi connectivity index (χ3n) is 1.91. The van der Waals surface area contributed by atoms with Crippen LogP contribution in [0.15, 0.2) is 12.2 Å². The Bertz CT molecular complexity index is 314. The molecule has 0 rings (SSSR count). The molecule has 0 aliphatic carbocycles.